The molecule has 0 fully saturated rings. The molecule has 1 amide bonds. The fourth-order valence-corrected chi connectivity index (χ4v) is 3.13. The van der Waals surface area contributed by atoms with Gasteiger partial charge in [-0.15, -0.1) is 11.3 Å². The lowest BCUT2D eigenvalue weighted by atomic mass is 9.98. The minimum atomic E-state index is -0.914. The fourth-order valence-electron chi connectivity index (χ4n) is 2.29. The summed E-state index contributed by atoms with van der Waals surface area (Å²) in [5, 5.41) is 12.9. The SMILES string of the molecule is Cc1ccc(CC(CNC(=O)c2sc(C)nc2C)C(=O)O)cc1. The van der Waals surface area contributed by atoms with Crippen LogP contribution in [-0.4, -0.2) is 28.5 Å². The van der Waals surface area contributed by atoms with Gasteiger partial charge in [-0.3, -0.25) is 9.59 Å². The lowest BCUT2D eigenvalue weighted by Crippen LogP contribution is -2.34. The number of aryl methyl sites for hydroxylation is 3. The molecule has 0 aliphatic carbocycles. The number of nitrogens with one attached hydrogen (secondary N) is 1. The largest absolute Gasteiger partial charge is 0.481 e. The van der Waals surface area contributed by atoms with Crippen molar-refractivity contribution in [2.45, 2.75) is 27.2 Å². The maximum atomic E-state index is 12.2. The zero-order valence-electron chi connectivity index (χ0n) is 13.4. The molecule has 122 valence electrons. The molecule has 0 radical (unpaired) electrons. The number of aromatic nitrogens is 1. The van der Waals surface area contributed by atoms with Crippen LogP contribution < -0.4 is 5.32 Å². The molecule has 6 heteroatoms. The van der Waals surface area contributed by atoms with Crippen molar-refractivity contribution in [1.82, 2.24) is 10.3 Å². The lowest BCUT2D eigenvalue weighted by molar-refractivity contribution is -0.141. The van der Waals surface area contributed by atoms with Crippen molar-refractivity contribution in [1.29, 1.82) is 0 Å². The molecular weight excluding hydrogens is 312 g/mol. The molecule has 2 aromatic rings. The fraction of sp³-hybridized carbons (Fsp3) is 0.353. The number of amides is 1. The van der Waals surface area contributed by atoms with Crippen LogP contribution in [0, 0.1) is 26.7 Å². The molecule has 0 saturated carbocycles. The summed E-state index contributed by atoms with van der Waals surface area (Å²) in [4.78, 5) is 28.4. The van der Waals surface area contributed by atoms with Gasteiger partial charge in [-0.05, 0) is 32.8 Å². The maximum absolute atomic E-state index is 12.2. The normalized spacial score (nSPS) is 12.0. The molecule has 0 saturated heterocycles. The third-order valence-electron chi connectivity index (χ3n) is 3.57. The maximum Gasteiger partial charge on any atom is 0.308 e. The summed E-state index contributed by atoms with van der Waals surface area (Å²) in [6.07, 6.45) is 0.386. The van der Waals surface area contributed by atoms with E-state index in [0.717, 1.165) is 16.1 Å². The van der Waals surface area contributed by atoms with Gasteiger partial charge >= 0.3 is 5.97 Å². The summed E-state index contributed by atoms with van der Waals surface area (Å²) >= 11 is 1.32. The van der Waals surface area contributed by atoms with E-state index in [0.29, 0.717) is 17.0 Å². The minimum absolute atomic E-state index is 0.0957. The van der Waals surface area contributed by atoms with Crippen LogP contribution in [-0.2, 0) is 11.2 Å². The van der Waals surface area contributed by atoms with Gasteiger partial charge < -0.3 is 10.4 Å². The summed E-state index contributed by atoms with van der Waals surface area (Å²) in [5.41, 5.74) is 2.75. The van der Waals surface area contributed by atoms with Gasteiger partial charge in [0.05, 0.1) is 16.6 Å². The molecule has 1 aromatic carbocycles. The van der Waals surface area contributed by atoms with Crippen LogP contribution in [0.5, 0.6) is 0 Å². The number of thiazole rings is 1. The van der Waals surface area contributed by atoms with Gasteiger partial charge in [0.2, 0.25) is 0 Å². The predicted molar refractivity (Wildman–Crippen MR) is 89.9 cm³/mol. The number of rotatable bonds is 6. The topological polar surface area (TPSA) is 79.3 Å². The second-order valence-corrected chi connectivity index (χ2v) is 6.79. The Kier molecular flexibility index (Phi) is 5.50. The monoisotopic (exact) mass is 332 g/mol. The molecule has 0 aliphatic rings. The molecule has 23 heavy (non-hydrogen) atoms. The first-order chi connectivity index (χ1) is 10.9. The second kappa shape index (κ2) is 7.37. The summed E-state index contributed by atoms with van der Waals surface area (Å²) in [6.45, 7) is 5.70. The highest BCUT2D eigenvalue weighted by molar-refractivity contribution is 7.13. The van der Waals surface area contributed by atoms with E-state index in [1.165, 1.54) is 11.3 Å². The Labute approximate surface area is 139 Å². The van der Waals surface area contributed by atoms with Gasteiger partial charge in [0.15, 0.2) is 0 Å². The minimum Gasteiger partial charge on any atom is -0.481 e. The van der Waals surface area contributed by atoms with E-state index in [4.69, 9.17) is 0 Å². The van der Waals surface area contributed by atoms with E-state index in [-0.39, 0.29) is 12.5 Å². The smallest absolute Gasteiger partial charge is 0.308 e. The molecule has 0 aliphatic heterocycles. The van der Waals surface area contributed by atoms with Crippen molar-refractivity contribution in [3.8, 4) is 0 Å². The molecule has 1 unspecified atom stereocenters. The summed E-state index contributed by atoms with van der Waals surface area (Å²) in [7, 11) is 0. The van der Waals surface area contributed by atoms with Crippen LogP contribution in [0.3, 0.4) is 0 Å². The van der Waals surface area contributed by atoms with Crippen LogP contribution in [0.25, 0.3) is 0 Å². The molecule has 2 rings (SSSR count). The van der Waals surface area contributed by atoms with Crippen molar-refractivity contribution in [3.63, 3.8) is 0 Å². The summed E-state index contributed by atoms with van der Waals surface area (Å²) in [5.74, 6) is -1.83. The van der Waals surface area contributed by atoms with Crippen LogP contribution in [0.2, 0.25) is 0 Å². The third-order valence-corrected chi connectivity index (χ3v) is 4.64. The molecule has 1 heterocycles. The highest BCUT2D eigenvalue weighted by Gasteiger charge is 2.21. The Hall–Kier alpha value is -2.21. The Morgan fingerprint density at radius 2 is 1.87 bits per heavy atom. The number of carbonyl (C=O) groups excluding carboxylic acids is 1. The van der Waals surface area contributed by atoms with Crippen molar-refractivity contribution in [2.75, 3.05) is 6.54 Å². The van der Waals surface area contributed by atoms with Crippen LogP contribution in [0.1, 0.15) is 31.5 Å². The predicted octanol–water partition coefficient (Wildman–Crippen LogP) is 2.74. The number of hydrogen-bond acceptors (Lipinski definition) is 4. The van der Waals surface area contributed by atoms with E-state index in [9.17, 15) is 14.7 Å². The van der Waals surface area contributed by atoms with Gasteiger partial charge in [-0.1, -0.05) is 29.8 Å². The van der Waals surface area contributed by atoms with Gasteiger partial charge in [0, 0.05) is 6.54 Å². The van der Waals surface area contributed by atoms with Crippen LogP contribution >= 0.6 is 11.3 Å². The summed E-state index contributed by atoms with van der Waals surface area (Å²) in [6, 6.07) is 7.75. The Morgan fingerprint density at radius 1 is 1.22 bits per heavy atom. The molecular formula is C17H20N2O3S. The molecule has 0 spiro atoms. The van der Waals surface area contributed by atoms with Gasteiger partial charge in [0.25, 0.3) is 5.91 Å². The molecule has 2 N–H and O–H groups in total. The first-order valence-electron chi connectivity index (χ1n) is 7.37. The first kappa shape index (κ1) is 17.1. The number of benzene rings is 1. The molecule has 0 bridgehead atoms. The number of nitrogens with zero attached hydrogens (tertiary/aromatic N) is 1. The molecule has 1 aromatic heterocycles. The highest BCUT2D eigenvalue weighted by atomic mass is 32.1. The van der Waals surface area contributed by atoms with E-state index < -0.39 is 11.9 Å². The number of carboxylic acids is 1. The summed E-state index contributed by atoms with van der Waals surface area (Å²) < 4.78 is 0. The Balaban J connectivity index is 1.99. The van der Waals surface area contributed by atoms with E-state index in [1.807, 2.05) is 38.1 Å². The zero-order valence-corrected chi connectivity index (χ0v) is 14.2. The average molecular weight is 332 g/mol. The van der Waals surface area contributed by atoms with Crippen molar-refractivity contribution in [3.05, 3.63) is 51.0 Å². The number of hydrogen-bond donors (Lipinski definition) is 2. The van der Waals surface area contributed by atoms with Crippen molar-refractivity contribution >= 4 is 23.2 Å². The van der Waals surface area contributed by atoms with Crippen molar-refractivity contribution in [2.24, 2.45) is 5.92 Å². The lowest BCUT2D eigenvalue weighted by Gasteiger charge is -2.13. The third kappa shape index (κ3) is 4.63. The van der Waals surface area contributed by atoms with E-state index in [2.05, 4.69) is 10.3 Å². The van der Waals surface area contributed by atoms with Gasteiger partial charge in [-0.2, -0.15) is 0 Å². The number of carboxylic acid groups (broad SMARTS) is 1. The number of aliphatic carboxylic acids is 1. The molecule has 1 atom stereocenters. The average Bonchev–Trinajstić information content (AvgIpc) is 2.83. The zero-order chi connectivity index (χ0) is 17.0. The van der Waals surface area contributed by atoms with Crippen LogP contribution in [0.4, 0.5) is 0 Å². The number of carbonyl (C=O) groups is 2. The van der Waals surface area contributed by atoms with E-state index >= 15 is 0 Å². The standard InChI is InChI=1S/C17H20N2O3S/c1-10-4-6-13(7-5-10)8-14(17(21)22)9-18-16(20)15-11(2)19-12(3)23-15/h4-7,14H,8-9H2,1-3H3,(H,18,20)(H,21,22). The Morgan fingerprint density at radius 3 is 2.39 bits per heavy atom. The highest BCUT2D eigenvalue weighted by Crippen LogP contribution is 2.17. The van der Waals surface area contributed by atoms with E-state index in [1.54, 1.807) is 6.92 Å². The Bertz CT molecular complexity index is 707. The molecule has 5 nitrogen and oxygen atoms in total. The van der Waals surface area contributed by atoms with Gasteiger partial charge in [0.1, 0.15) is 4.88 Å². The van der Waals surface area contributed by atoms with Gasteiger partial charge in [-0.25, -0.2) is 4.98 Å². The van der Waals surface area contributed by atoms with Crippen LogP contribution in [0.15, 0.2) is 24.3 Å². The quantitative estimate of drug-likeness (QED) is 0.852. The second-order valence-electron chi connectivity index (χ2n) is 5.58. The van der Waals surface area contributed by atoms with Crippen molar-refractivity contribution < 1.29 is 14.7 Å². The first-order valence-corrected chi connectivity index (χ1v) is 8.19.